The molecule has 2 aliphatic rings. The lowest BCUT2D eigenvalue weighted by atomic mass is 9.80. The smallest absolute Gasteiger partial charge is 0.253 e. The summed E-state index contributed by atoms with van der Waals surface area (Å²) in [5, 5.41) is 0. The molecule has 2 atom stereocenters. The van der Waals surface area contributed by atoms with Crippen LogP contribution in [0.15, 0.2) is 12.2 Å². The summed E-state index contributed by atoms with van der Waals surface area (Å²) in [4.78, 5) is 24.5. The maximum Gasteiger partial charge on any atom is 0.253 e. The fraction of sp³-hybridized carbons (Fsp3) is 0.667. The molecule has 1 heterocycles. The third kappa shape index (κ3) is 1.96. The first-order chi connectivity index (χ1) is 7.08. The van der Waals surface area contributed by atoms with Crippen LogP contribution in [0, 0.1) is 11.8 Å². The Morgan fingerprint density at radius 2 is 1.47 bits per heavy atom. The summed E-state index contributed by atoms with van der Waals surface area (Å²) < 4.78 is 0. The molecule has 3 nitrogen and oxygen atoms in total. The zero-order valence-corrected chi connectivity index (χ0v) is 9.27. The fourth-order valence-corrected chi connectivity index (χ4v) is 2.89. The van der Waals surface area contributed by atoms with Gasteiger partial charge in [-0.05, 0) is 31.1 Å². The van der Waals surface area contributed by atoms with Crippen molar-refractivity contribution < 1.29 is 9.59 Å². The molecule has 1 fully saturated rings. The Morgan fingerprint density at radius 1 is 1.00 bits per heavy atom. The maximum atomic E-state index is 11.5. The highest BCUT2D eigenvalue weighted by Gasteiger charge is 2.35. The summed E-state index contributed by atoms with van der Waals surface area (Å²) in [7, 11) is 0. The van der Waals surface area contributed by atoms with E-state index in [-0.39, 0.29) is 17.9 Å². The van der Waals surface area contributed by atoms with E-state index in [1.54, 1.807) is 0 Å². The van der Waals surface area contributed by atoms with E-state index in [1.807, 2.05) is 0 Å². The third-order valence-corrected chi connectivity index (χ3v) is 3.36. The molecule has 0 radical (unpaired) electrons. The van der Waals surface area contributed by atoms with Crippen molar-refractivity contribution in [2.24, 2.45) is 11.8 Å². The van der Waals surface area contributed by atoms with Gasteiger partial charge in [-0.2, -0.15) is 0 Å². The van der Waals surface area contributed by atoms with E-state index < -0.39 is 0 Å². The molecule has 0 bridgehead atoms. The zero-order valence-electron chi connectivity index (χ0n) is 9.27. The third-order valence-electron chi connectivity index (χ3n) is 3.36. The van der Waals surface area contributed by atoms with E-state index in [0.717, 1.165) is 12.8 Å². The molecular formula is C12H17NO2. The molecule has 0 spiro atoms. The Kier molecular flexibility index (Phi) is 2.63. The van der Waals surface area contributed by atoms with Gasteiger partial charge < -0.3 is 0 Å². The predicted octanol–water partition coefficient (Wildman–Crippen LogP) is 1.74. The first-order valence-electron chi connectivity index (χ1n) is 5.63. The van der Waals surface area contributed by atoms with Crippen molar-refractivity contribution in [3.8, 4) is 0 Å². The minimum atomic E-state index is -0.133. The quantitative estimate of drug-likeness (QED) is 0.614. The molecule has 0 aromatic rings. The monoisotopic (exact) mass is 207 g/mol. The minimum Gasteiger partial charge on any atom is -0.272 e. The largest absolute Gasteiger partial charge is 0.272 e. The van der Waals surface area contributed by atoms with Gasteiger partial charge in [-0.25, -0.2) is 0 Å². The lowest BCUT2D eigenvalue weighted by molar-refractivity contribution is -0.140. The van der Waals surface area contributed by atoms with Crippen molar-refractivity contribution in [2.45, 2.75) is 39.2 Å². The molecule has 2 unspecified atom stereocenters. The van der Waals surface area contributed by atoms with Gasteiger partial charge in [-0.15, -0.1) is 0 Å². The molecule has 0 aromatic carbocycles. The fourth-order valence-electron chi connectivity index (χ4n) is 2.89. The van der Waals surface area contributed by atoms with Crippen LogP contribution >= 0.6 is 0 Å². The van der Waals surface area contributed by atoms with Crippen molar-refractivity contribution in [2.75, 3.05) is 0 Å². The van der Waals surface area contributed by atoms with Gasteiger partial charge in [0.05, 0.1) is 0 Å². The Labute approximate surface area is 90.1 Å². The number of amides is 2. The molecule has 0 N–H and O–H groups in total. The van der Waals surface area contributed by atoms with Crippen LogP contribution in [0.3, 0.4) is 0 Å². The van der Waals surface area contributed by atoms with Crippen LogP contribution in [0.2, 0.25) is 0 Å². The summed E-state index contributed by atoms with van der Waals surface area (Å²) in [6, 6.07) is 0.124. The molecular weight excluding hydrogens is 190 g/mol. The first-order valence-corrected chi connectivity index (χ1v) is 5.63. The van der Waals surface area contributed by atoms with Crippen molar-refractivity contribution in [1.82, 2.24) is 4.90 Å². The van der Waals surface area contributed by atoms with E-state index in [2.05, 4.69) is 13.8 Å². The Balaban J connectivity index is 2.10. The van der Waals surface area contributed by atoms with E-state index in [9.17, 15) is 9.59 Å². The molecule has 0 saturated heterocycles. The van der Waals surface area contributed by atoms with Crippen LogP contribution in [0.4, 0.5) is 0 Å². The molecule has 1 saturated carbocycles. The molecule has 1 aliphatic heterocycles. The predicted molar refractivity (Wildman–Crippen MR) is 57.0 cm³/mol. The molecule has 3 heteroatoms. The summed E-state index contributed by atoms with van der Waals surface area (Å²) >= 11 is 0. The lowest BCUT2D eigenvalue weighted by Crippen LogP contribution is -2.43. The normalized spacial score (nSPS) is 36.4. The summed E-state index contributed by atoms with van der Waals surface area (Å²) in [6.45, 7) is 4.39. The van der Waals surface area contributed by atoms with Crippen LogP contribution in [0.5, 0.6) is 0 Å². The van der Waals surface area contributed by atoms with Crippen LogP contribution < -0.4 is 0 Å². The average molecular weight is 207 g/mol. The molecule has 2 amide bonds. The Hall–Kier alpha value is -1.12. The zero-order chi connectivity index (χ0) is 11.0. The van der Waals surface area contributed by atoms with E-state index in [0.29, 0.717) is 11.8 Å². The van der Waals surface area contributed by atoms with Gasteiger partial charge in [-0.1, -0.05) is 13.8 Å². The first kappa shape index (κ1) is 10.4. The standard InChI is InChI=1S/C12H17NO2/c1-8-5-9(2)7-10(6-8)13-11(14)3-4-12(13)15/h3-4,8-10H,5-7H2,1-2H3. The second-order valence-corrected chi connectivity index (χ2v) is 4.95. The number of hydrogen-bond acceptors (Lipinski definition) is 2. The van der Waals surface area contributed by atoms with Gasteiger partial charge >= 0.3 is 0 Å². The summed E-state index contributed by atoms with van der Waals surface area (Å²) in [5.74, 6) is 0.956. The Morgan fingerprint density at radius 3 is 1.93 bits per heavy atom. The van der Waals surface area contributed by atoms with Crippen molar-refractivity contribution >= 4 is 11.8 Å². The summed E-state index contributed by atoms with van der Waals surface area (Å²) in [6.07, 6.45) is 5.89. The summed E-state index contributed by atoms with van der Waals surface area (Å²) in [5.41, 5.74) is 0. The number of nitrogens with zero attached hydrogens (tertiary/aromatic N) is 1. The number of imide groups is 1. The minimum absolute atomic E-state index is 0.124. The van der Waals surface area contributed by atoms with Crippen molar-refractivity contribution in [3.63, 3.8) is 0 Å². The van der Waals surface area contributed by atoms with Crippen LogP contribution in [0.1, 0.15) is 33.1 Å². The Bertz CT molecular complexity index is 294. The van der Waals surface area contributed by atoms with E-state index in [1.165, 1.54) is 23.5 Å². The number of carbonyl (C=O) groups is 2. The highest BCUT2D eigenvalue weighted by atomic mass is 16.2. The molecule has 82 valence electrons. The average Bonchev–Trinajstić information content (AvgIpc) is 2.44. The van der Waals surface area contributed by atoms with E-state index >= 15 is 0 Å². The van der Waals surface area contributed by atoms with Crippen LogP contribution in [-0.2, 0) is 9.59 Å². The van der Waals surface area contributed by atoms with Crippen LogP contribution in [-0.4, -0.2) is 22.8 Å². The van der Waals surface area contributed by atoms with E-state index in [4.69, 9.17) is 0 Å². The molecule has 0 aromatic heterocycles. The number of carbonyl (C=O) groups excluding carboxylic acids is 2. The van der Waals surface area contributed by atoms with Gasteiger partial charge in [0.1, 0.15) is 0 Å². The highest BCUT2D eigenvalue weighted by molar-refractivity contribution is 6.13. The van der Waals surface area contributed by atoms with Gasteiger partial charge in [0.2, 0.25) is 0 Å². The highest BCUT2D eigenvalue weighted by Crippen LogP contribution is 2.32. The van der Waals surface area contributed by atoms with Gasteiger partial charge in [0, 0.05) is 18.2 Å². The molecule has 2 rings (SSSR count). The topological polar surface area (TPSA) is 37.4 Å². The molecule has 1 aliphatic carbocycles. The number of rotatable bonds is 1. The second-order valence-electron chi connectivity index (χ2n) is 4.95. The van der Waals surface area contributed by atoms with Crippen molar-refractivity contribution in [1.29, 1.82) is 0 Å². The van der Waals surface area contributed by atoms with Crippen LogP contribution in [0.25, 0.3) is 0 Å². The molecule has 15 heavy (non-hydrogen) atoms. The van der Waals surface area contributed by atoms with Gasteiger partial charge in [-0.3, -0.25) is 14.5 Å². The number of hydrogen-bond donors (Lipinski definition) is 0. The maximum absolute atomic E-state index is 11.5. The SMILES string of the molecule is CC1CC(C)CC(N2C(=O)C=CC2=O)C1. The second kappa shape index (κ2) is 3.80. The van der Waals surface area contributed by atoms with Gasteiger partial charge in [0.15, 0.2) is 0 Å². The lowest BCUT2D eigenvalue weighted by Gasteiger charge is -2.36. The van der Waals surface area contributed by atoms with Crippen molar-refractivity contribution in [3.05, 3.63) is 12.2 Å². The van der Waals surface area contributed by atoms with Gasteiger partial charge in [0.25, 0.3) is 11.8 Å².